The highest BCUT2D eigenvalue weighted by Gasteiger charge is 2.76. The van der Waals surface area contributed by atoms with Crippen LogP contribution in [0.4, 0.5) is 0 Å². The van der Waals surface area contributed by atoms with Crippen molar-refractivity contribution in [3.63, 3.8) is 0 Å². The molecule has 0 N–H and O–H groups in total. The van der Waals surface area contributed by atoms with Crippen LogP contribution in [0.15, 0.2) is 87.5 Å². The van der Waals surface area contributed by atoms with Gasteiger partial charge in [0.25, 0.3) is 30.4 Å². The van der Waals surface area contributed by atoms with Crippen molar-refractivity contribution in [3.8, 4) is 6.07 Å². The Balaban J connectivity index is 1.47. The van der Waals surface area contributed by atoms with Crippen molar-refractivity contribution in [2.45, 2.75) is 53.9 Å². The molecule has 45 heavy (non-hydrogen) atoms. The van der Waals surface area contributed by atoms with Gasteiger partial charge in [-0.05, 0) is 70.0 Å². The smallest absolute Gasteiger partial charge is 0.296 e. The van der Waals surface area contributed by atoms with Crippen molar-refractivity contribution in [3.05, 3.63) is 89.5 Å². The predicted molar refractivity (Wildman–Crippen MR) is 161 cm³/mol. The number of hydrogen-bond acceptors (Lipinski definition) is 11. The van der Waals surface area contributed by atoms with Crippen molar-refractivity contribution in [2.24, 2.45) is 10.8 Å². The summed E-state index contributed by atoms with van der Waals surface area (Å²) < 4.78 is 101. The van der Waals surface area contributed by atoms with E-state index in [1.807, 2.05) is 6.92 Å². The number of nitriles is 1. The molecule has 1 aliphatic carbocycles. The lowest BCUT2D eigenvalue weighted by molar-refractivity contribution is -0.273. The Morgan fingerprint density at radius 1 is 0.622 bits per heavy atom. The zero-order chi connectivity index (χ0) is 32.7. The molecule has 3 aromatic carbocycles. The number of aryl methyl sites for hydroxylation is 3. The first-order chi connectivity index (χ1) is 21.1. The van der Waals surface area contributed by atoms with Crippen LogP contribution in [0.2, 0.25) is 0 Å². The number of benzene rings is 3. The second kappa shape index (κ2) is 11.9. The molecule has 14 heteroatoms. The molecule has 2 atom stereocenters. The molecule has 0 unspecified atom stereocenters. The fourth-order valence-corrected chi connectivity index (χ4v) is 8.76. The average Bonchev–Trinajstić information content (AvgIpc) is 3.17. The minimum Gasteiger partial charge on any atom is -0.358 e. The zero-order valence-corrected chi connectivity index (χ0v) is 27.4. The van der Waals surface area contributed by atoms with Crippen LogP contribution in [0.1, 0.15) is 29.5 Å². The molecule has 2 fully saturated rings. The maximum Gasteiger partial charge on any atom is 0.296 e. The number of nitrogens with zero attached hydrogens (tertiary/aromatic N) is 1. The highest BCUT2D eigenvalue weighted by molar-refractivity contribution is 7.87. The third-order valence-electron chi connectivity index (χ3n) is 8.70. The molecule has 1 heterocycles. The first kappa shape index (κ1) is 33.2. The van der Waals surface area contributed by atoms with Gasteiger partial charge < -0.3 is 4.74 Å². The van der Waals surface area contributed by atoms with Gasteiger partial charge in [-0.3, -0.25) is 12.5 Å². The van der Waals surface area contributed by atoms with Gasteiger partial charge in [0.2, 0.25) is 0 Å². The second-order valence-corrected chi connectivity index (χ2v) is 16.6. The Morgan fingerprint density at radius 3 is 1.29 bits per heavy atom. The molecule has 5 rings (SSSR count). The van der Waals surface area contributed by atoms with Gasteiger partial charge in [-0.25, -0.2) is 0 Å². The van der Waals surface area contributed by atoms with E-state index in [-0.39, 0.29) is 34.1 Å². The van der Waals surface area contributed by atoms with E-state index in [4.69, 9.17) is 17.3 Å². The van der Waals surface area contributed by atoms with Crippen LogP contribution >= 0.6 is 0 Å². The monoisotopic (exact) mass is 675 g/mol. The van der Waals surface area contributed by atoms with E-state index in [1.165, 1.54) is 36.4 Å². The first-order valence-electron chi connectivity index (χ1n) is 14.0. The van der Waals surface area contributed by atoms with E-state index in [2.05, 4.69) is 6.07 Å². The Hall–Kier alpha value is -3.16. The van der Waals surface area contributed by atoms with E-state index >= 15 is 0 Å². The second-order valence-electron chi connectivity index (χ2n) is 11.7. The third-order valence-corrected chi connectivity index (χ3v) is 12.5. The Morgan fingerprint density at radius 2 is 0.978 bits per heavy atom. The molecular weight excluding hydrogens is 643 g/mol. The number of fused-ring (bicyclic) bond motifs is 1. The van der Waals surface area contributed by atoms with Crippen molar-refractivity contribution in [2.75, 3.05) is 26.4 Å². The predicted octanol–water partition coefficient (Wildman–Crippen LogP) is 4.19. The minimum atomic E-state index is -4.36. The summed E-state index contributed by atoms with van der Waals surface area (Å²) in [6, 6.07) is 20.1. The van der Waals surface area contributed by atoms with E-state index < -0.39 is 66.6 Å². The standard InChI is InChI=1S/C31H33NO10S3/c1-23-4-10-26(11-5-23)43(33,34)40-20-29-16-17-30(31(29,18-32)39-19-29,21-41-44(35,36)27-12-6-24(2)7-13-27)22-42-45(37,38)28-14-8-25(3)9-15-28/h4-15H,16-17,19-22H2,1-3H3/t29-,31-/m1/s1. The Labute approximate surface area is 264 Å². The summed E-state index contributed by atoms with van der Waals surface area (Å²) in [7, 11) is -12.9. The van der Waals surface area contributed by atoms with Gasteiger partial charge >= 0.3 is 0 Å². The molecule has 2 aliphatic rings. The van der Waals surface area contributed by atoms with Crippen LogP contribution in [0, 0.1) is 42.9 Å². The number of ether oxygens (including phenoxy) is 1. The lowest BCUT2D eigenvalue weighted by atomic mass is 9.62. The molecule has 1 saturated heterocycles. The summed E-state index contributed by atoms with van der Waals surface area (Å²) >= 11 is 0. The summed E-state index contributed by atoms with van der Waals surface area (Å²) in [6.07, 6.45) is 0.160. The highest BCUT2D eigenvalue weighted by atomic mass is 32.2. The van der Waals surface area contributed by atoms with Crippen LogP contribution in [-0.2, 0) is 47.6 Å². The highest BCUT2D eigenvalue weighted by Crippen LogP contribution is 2.65. The fraction of sp³-hybridized carbons (Fsp3) is 0.387. The Bertz CT molecular complexity index is 1860. The van der Waals surface area contributed by atoms with Crippen molar-refractivity contribution < 1.29 is 42.5 Å². The molecule has 0 bridgehead atoms. The van der Waals surface area contributed by atoms with E-state index in [1.54, 1.807) is 50.2 Å². The maximum atomic E-state index is 13.2. The summed E-state index contributed by atoms with van der Waals surface area (Å²) in [5.41, 5.74) is -2.26. The molecular formula is C31H33NO10S3. The maximum absolute atomic E-state index is 13.2. The third kappa shape index (κ3) is 6.06. The zero-order valence-electron chi connectivity index (χ0n) is 24.9. The Kier molecular flexibility index (Phi) is 8.77. The van der Waals surface area contributed by atoms with Crippen LogP contribution in [0.25, 0.3) is 0 Å². The van der Waals surface area contributed by atoms with Gasteiger partial charge in [-0.2, -0.15) is 30.5 Å². The van der Waals surface area contributed by atoms with Crippen LogP contribution in [0.3, 0.4) is 0 Å². The molecule has 1 saturated carbocycles. The molecule has 3 aromatic rings. The molecule has 0 aromatic heterocycles. The summed E-state index contributed by atoms with van der Waals surface area (Å²) in [5.74, 6) is 0. The van der Waals surface area contributed by atoms with Crippen LogP contribution < -0.4 is 0 Å². The summed E-state index contributed by atoms with van der Waals surface area (Å²) in [4.78, 5) is -0.334. The quantitative estimate of drug-likeness (QED) is 0.253. The van der Waals surface area contributed by atoms with E-state index in [9.17, 15) is 30.5 Å². The topological polar surface area (TPSA) is 163 Å². The van der Waals surface area contributed by atoms with E-state index in [0.29, 0.717) is 0 Å². The SMILES string of the molecule is Cc1ccc(S(=O)(=O)OCC2(COS(=O)(=O)c3ccc(C)cc3)CC[C@]3(COS(=O)(=O)c4ccc(C)cc4)CO[C@@]23C#N)cc1. The largest absolute Gasteiger partial charge is 0.358 e. The first-order valence-corrected chi connectivity index (χ1v) is 18.3. The van der Waals surface area contributed by atoms with Gasteiger partial charge in [0.15, 0.2) is 5.60 Å². The van der Waals surface area contributed by atoms with Crippen molar-refractivity contribution in [1.82, 2.24) is 0 Å². The van der Waals surface area contributed by atoms with Gasteiger partial charge in [-0.15, -0.1) is 0 Å². The number of rotatable bonds is 12. The molecule has 0 amide bonds. The van der Waals surface area contributed by atoms with Gasteiger partial charge in [0.1, 0.15) is 0 Å². The molecule has 11 nitrogen and oxygen atoms in total. The summed E-state index contributed by atoms with van der Waals surface area (Å²) in [6.45, 7) is 3.50. The molecule has 0 spiro atoms. The van der Waals surface area contributed by atoms with Gasteiger partial charge in [0, 0.05) is 0 Å². The normalized spacial score (nSPS) is 22.7. The minimum absolute atomic E-state index is 0.0152. The van der Waals surface area contributed by atoms with Gasteiger partial charge in [0.05, 0.1) is 58.0 Å². The molecule has 0 radical (unpaired) electrons. The van der Waals surface area contributed by atoms with Crippen molar-refractivity contribution >= 4 is 30.4 Å². The average molecular weight is 676 g/mol. The summed E-state index contributed by atoms with van der Waals surface area (Å²) in [5, 5.41) is 10.6. The molecule has 240 valence electrons. The van der Waals surface area contributed by atoms with Gasteiger partial charge in [-0.1, -0.05) is 53.1 Å². The van der Waals surface area contributed by atoms with E-state index in [0.717, 1.165) is 16.7 Å². The molecule has 1 aliphatic heterocycles. The van der Waals surface area contributed by atoms with Crippen molar-refractivity contribution in [1.29, 1.82) is 5.26 Å². The lowest BCUT2D eigenvalue weighted by Crippen LogP contribution is -2.69. The fourth-order valence-electron chi connectivity index (χ4n) is 5.80. The lowest BCUT2D eigenvalue weighted by Gasteiger charge is -2.56. The van der Waals surface area contributed by atoms with Crippen LogP contribution in [-0.4, -0.2) is 57.3 Å². The number of hydrogen-bond donors (Lipinski definition) is 0. The van der Waals surface area contributed by atoms with Crippen LogP contribution in [0.5, 0.6) is 0 Å².